The molecule has 0 unspecified atom stereocenters. The van der Waals surface area contributed by atoms with Gasteiger partial charge in [-0.2, -0.15) is 0 Å². The lowest BCUT2D eigenvalue weighted by Crippen LogP contribution is -2.28. The summed E-state index contributed by atoms with van der Waals surface area (Å²) in [7, 11) is 0. The zero-order chi connectivity index (χ0) is 54.3. The van der Waals surface area contributed by atoms with E-state index in [-0.39, 0.29) is 10.8 Å². The Balaban J connectivity index is 0.808. The number of fused-ring (bicyclic) bond motifs is 14. The van der Waals surface area contributed by atoms with Crippen LogP contribution in [-0.2, 0) is 10.8 Å². The third kappa shape index (κ3) is 5.88. The molecule has 0 N–H and O–H groups in total. The van der Waals surface area contributed by atoms with E-state index >= 15 is 0 Å². The Morgan fingerprint density at radius 1 is 0.232 bits per heavy atom. The first-order valence-electron chi connectivity index (χ1n) is 29.0. The van der Waals surface area contributed by atoms with Crippen LogP contribution in [0.4, 0.5) is 0 Å². The first-order valence-corrected chi connectivity index (χ1v) is 29.0. The van der Waals surface area contributed by atoms with Crippen molar-refractivity contribution in [2.75, 3.05) is 0 Å². The lowest BCUT2D eigenvalue weighted by Gasteiger charge is -2.41. The van der Waals surface area contributed by atoms with E-state index in [2.05, 4.69) is 292 Å². The van der Waals surface area contributed by atoms with Crippen LogP contribution < -0.4 is 0 Å². The molecule has 0 fully saturated rings. The Bertz CT molecular complexity index is 4960. The van der Waals surface area contributed by atoms with Crippen LogP contribution >= 0.6 is 0 Å². The number of nitrogens with zero attached hydrogens (tertiary/aromatic N) is 2. The molecule has 0 saturated heterocycles. The van der Waals surface area contributed by atoms with Gasteiger partial charge in [0.2, 0.25) is 0 Å². The fourth-order valence-electron chi connectivity index (χ4n) is 15.8. The smallest absolute Gasteiger partial charge is 0.0619 e. The molecule has 0 bridgehead atoms. The van der Waals surface area contributed by atoms with Crippen LogP contribution in [0.3, 0.4) is 0 Å². The number of benzene rings is 14. The molecule has 2 aromatic heterocycles. The van der Waals surface area contributed by atoms with Crippen molar-refractivity contribution in [3.63, 3.8) is 0 Å². The number of rotatable bonds is 4. The van der Waals surface area contributed by atoms with Crippen molar-refractivity contribution in [1.82, 2.24) is 9.13 Å². The normalized spacial score (nSPS) is 14.0. The van der Waals surface area contributed by atoms with Crippen LogP contribution in [0.2, 0.25) is 0 Å². The quantitative estimate of drug-likeness (QED) is 0.156. The fraction of sp³-hybridized carbons (Fsp3) is 0.0750. The SMILES string of the molecule is CC1(C)c2cc(-c3c4ccccc4c(-n4c5ccccc5c5ccccc54)c4ccccc34)ccc2-c2ccc3c4c(ccc1c24)C(C)(C)c1cc(-c2c4ccccc4c(-n4c5ccccc5c5ccccc54)c4ccccc24)ccc1-3. The summed E-state index contributed by atoms with van der Waals surface area (Å²) in [5, 5.41) is 17.9. The first kappa shape index (κ1) is 45.8. The molecule has 0 aliphatic heterocycles. The van der Waals surface area contributed by atoms with E-state index in [1.54, 1.807) is 0 Å². The molecule has 2 heterocycles. The van der Waals surface area contributed by atoms with E-state index in [1.807, 2.05) is 0 Å². The van der Waals surface area contributed by atoms with E-state index in [9.17, 15) is 0 Å². The largest absolute Gasteiger partial charge is 0.308 e. The minimum atomic E-state index is -0.286. The van der Waals surface area contributed by atoms with Crippen LogP contribution in [0.15, 0.2) is 255 Å². The fourth-order valence-corrected chi connectivity index (χ4v) is 15.8. The van der Waals surface area contributed by atoms with Gasteiger partial charge in [0.05, 0.1) is 33.4 Å². The Kier molecular flexibility index (Phi) is 9.11. The van der Waals surface area contributed by atoms with Gasteiger partial charge in [0.15, 0.2) is 0 Å². The van der Waals surface area contributed by atoms with Crippen molar-refractivity contribution in [2.24, 2.45) is 0 Å². The minimum Gasteiger partial charge on any atom is -0.308 e. The van der Waals surface area contributed by atoms with Crippen molar-refractivity contribution in [3.05, 3.63) is 277 Å². The molecule has 2 aliphatic rings. The summed E-state index contributed by atoms with van der Waals surface area (Å²) < 4.78 is 5.03. The average molecular weight is 1040 g/mol. The highest BCUT2D eigenvalue weighted by Crippen LogP contribution is 2.58. The molecule has 0 radical (unpaired) electrons. The molecule has 2 nitrogen and oxygen atoms in total. The first-order chi connectivity index (χ1) is 40.3. The molecule has 0 spiro atoms. The molecular weight excluding hydrogens is 989 g/mol. The van der Waals surface area contributed by atoms with Gasteiger partial charge in [0.1, 0.15) is 0 Å². The lowest BCUT2D eigenvalue weighted by atomic mass is 9.62. The van der Waals surface area contributed by atoms with Crippen molar-refractivity contribution in [3.8, 4) is 55.9 Å². The van der Waals surface area contributed by atoms with Crippen LogP contribution in [-0.4, -0.2) is 9.13 Å². The molecule has 14 aromatic carbocycles. The van der Waals surface area contributed by atoms with Crippen LogP contribution in [0.25, 0.3) is 153 Å². The molecule has 384 valence electrons. The van der Waals surface area contributed by atoms with Gasteiger partial charge in [0, 0.05) is 53.9 Å². The Labute approximate surface area is 475 Å². The zero-order valence-electron chi connectivity index (χ0n) is 46.1. The number of hydrogen-bond acceptors (Lipinski definition) is 0. The van der Waals surface area contributed by atoms with Crippen molar-refractivity contribution < 1.29 is 0 Å². The van der Waals surface area contributed by atoms with Gasteiger partial charge >= 0.3 is 0 Å². The maximum absolute atomic E-state index is 2.54. The lowest BCUT2D eigenvalue weighted by molar-refractivity contribution is 0.633. The molecule has 0 saturated carbocycles. The second-order valence-corrected chi connectivity index (χ2v) is 24.2. The molecule has 18 rings (SSSR count). The van der Waals surface area contributed by atoms with E-state index in [0.717, 1.165) is 0 Å². The zero-order valence-corrected chi connectivity index (χ0v) is 46.1. The van der Waals surface area contributed by atoms with Gasteiger partial charge in [-0.1, -0.05) is 246 Å². The number of para-hydroxylation sites is 4. The average Bonchev–Trinajstić information content (AvgIpc) is 0.989. The highest BCUT2D eigenvalue weighted by atomic mass is 15.0. The maximum Gasteiger partial charge on any atom is 0.0619 e. The van der Waals surface area contributed by atoms with Crippen LogP contribution in [0.1, 0.15) is 49.9 Å². The minimum absolute atomic E-state index is 0.286. The molecule has 0 amide bonds. The van der Waals surface area contributed by atoms with Crippen molar-refractivity contribution in [2.45, 2.75) is 38.5 Å². The molecule has 16 aromatic rings. The van der Waals surface area contributed by atoms with E-state index in [0.29, 0.717) is 0 Å². The van der Waals surface area contributed by atoms with Crippen LogP contribution in [0.5, 0.6) is 0 Å². The van der Waals surface area contributed by atoms with Gasteiger partial charge in [-0.15, -0.1) is 0 Å². The Morgan fingerprint density at radius 2 is 0.488 bits per heavy atom. The predicted molar refractivity (Wildman–Crippen MR) is 349 cm³/mol. The Morgan fingerprint density at radius 3 is 0.793 bits per heavy atom. The van der Waals surface area contributed by atoms with Gasteiger partial charge < -0.3 is 9.13 Å². The number of aromatic nitrogens is 2. The molecular formula is C80H54N2. The molecule has 0 atom stereocenters. The predicted octanol–water partition coefficient (Wildman–Crippen LogP) is 21.6. The van der Waals surface area contributed by atoms with E-state index in [1.165, 1.54) is 176 Å². The second-order valence-electron chi connectivity index (χ2n) is 24.2. The van der Waals surface area contributed by atoms with Gasteiger partial charge in [-0.3, -0.25) is 0 Å². The summed E-state index contributed by atoms with van der Waals surface area (Å²) in [6.45, 7) is 9.83. The summed E-state index contributed by atoms with van der Waals surface area (Å²) in [6, 6.07) is 96.5. The van der Waals surface area contributed by atoms with E-state index < -0.39 is 0 Å². The maximum atomic E-state index is 2.54. The summed E-state index contributed by atoms with van der Waals surface area (Å²) in [5.74, 6) is 0. The van der Waals surface area contributed by atoms with Crippen molar-refractivity contribution in [1.29, 1.82) is 0 Å². The monoisotopic (exact) mass is 1040 g/mol. The summed E-state index contributed by atoms with van der Waals surface area (Å²) >= 11 is 0. The molecule has 2 aliphatic carbocycles. The summed E-state index contributed by atoms with van der Waals surface area (Å²) in [5.41, 5.74) is 22.6. The van der Waals surface area contributed by atoms with Gasteiger partial charge in [-0.25, -0.2) is 0 Å². The second kappa shape index (κ2) is 16.3. The van der Waals surface area contributed by atoms with Crippen LogP contribution in [0, 0.1) is 0 Å². The Hall–Kier alpha value is -10.0. The summed E-state index contributed by atoms with van der Waals surface area (Å²) in [6.07, 6.45) is 0. The van der Waals surface area contributed by atoms with Crippen molar-refractivity contribution >= 4 is 97.5 Å². The third-order valence-electron chi connectivity index (χ3n) is 19.5. The summed E-state index contributed by atoms with van der Waals surface area (Å²) in [4.78, 5) is 0. The molecule has 82 heavy (non-hydrogen) atoms. The highest BCUT2D eigenvalue weighted by molar-refractivity contribution is 6.23. The third-order valence-corrected chi connectivity index (χ3v) is 19.5. The highest BCUT2D eigenvalue weighted by Gasteiger charge is 2.40. The standard InChI is InChI=1S/C80H54N2/c1-79(2)65-43-44-66-76-60(50-40-38-48(46-68(50)80(66,3)4)74-57-27-7-11-31-63(57)78(64-32-12-8-28-58(64)74)82-71-35-19-15-23-53(71)54-24-16-20-36-72(54)82)42-41-59(75(65)76)49-39-37-47(45-67(49)79)73-55-25-5-9-29-61(55)77(62-30-10-6-26-56(62)73)81-69-33-17-13-21-51(69)52-22-14-18-34-70(52)81/h5-46H,1-4H3. The topological polar surface area (TPSA) is 9.86 Å². The van der Waals surface area contributed by atoms with Gasteiger partial charge in [0.25, 0.3) is 0 Å². The van der Waals surface area contributed by atoms with Gasteiger partial charge in [-0.05, 0) is 135 Å². The van der Waals surface area contributed by atoms with E-state index in [4.69, 9.17) is 0 Å². The number of hydrogen-bond donors (Lipinski definition) is 0. The molecule has 2 heteroatoms.